The highest BCUT2D eigenvalue weighted by molar-refractivity contribution is 5.86. The maximum atomic E-state index is 11.4. The number of amides is 2. The Bertz CT molecular complexity index is 286. The number of hydrogen-bond donors (Lipinski definition) is 1. The van der Waals surface area contributed by atoms with E-state index >= 15 is 0 Å². The molecule has 1 N–H and O–H groups in total. The molecule has 1 rings (SSSR count). The molecular weight excluding hydrogens is 184 g/mol. The van der Waals surface area contributed by atoms with Crippen LogP contribution < -0.4 is 0 Å². The molecule has 1 aliphatic rings. The molecule has 0 aromatic rings. The third-order valence-corrected chi connectivity index (χ3v) is 2.26. The minimum Gasteiger partial charge on any atom is -0.478 e. The zero-order chi connectivity index (χ0) is 10.7. The van der Waals surface area contributed by atoms with E-state index < -0.39 is 5.97 Å². The lowest BCUT2D eigenvalue weighted by Gasteiger charge is -2.13. The van der Waals surface area contributed by atoms with Gasteiger partial charge in [-0.2, -0.15) is 0 Å². The third kappa shape index (κ3) is 2.25. The molecule has 14 heavy (non-hydrogen) atoms. The predicted octanol–water partition coefficient (Wildman–Crippen LogP) is 0.385. The molecule has 0 aliphatic carbocycles. The van der Waals surface area contributed by atoms with Crippen molar-refractivity contribution in [2.45, 2.75) is 6.92 Å². The fourth-order valence-electron chi connectivity index (χ4n) is 1.21. The van der Waals surface area contributed by atoms with Gasteiger partial charge in [-0.15, -0.1) is 0 Å². The van der Waals surface area contributed by atoms with Crippen molar-refractivity contribution in [1.29, 1.82) is 0 Å². The highest BCUT2D eigenvalue weighted by Crippen LogP contribution is 2.06. The van der Waals surface area contributed by atoms with E-state index in [0.29, 0.717) is 19.6 Å². The van der Waals surface area contributed by atoms with E-state index in [1.165, 1.54) is 6.92 Å². The molecule has 2 amide bonds. The van der Waals surface area contributed by atoms with Gasteiger partial charge in [-0.25, -0.2) is 9.59 Å². The van der Waals surface area contributed by atoms with Crippen LogP contribution in [0.4, 0.5) is 4.79 Å². The van der Waals surface area contributed by atoms with Gasteiger partial charge in [0, 0.05) is 32.3 Å². The summed E-state index contributed by atoms with van der Waals surface area (Å²) < 4.78 is 0. The molecular formula is C9H14N2O3. The summed E-state index contributed by atoms with van der Waals surface area (Å²) in [4.78, 5) is 25.1. The van der Waals surface area contributed by atoms with Crippen LogP contribution in [-0.2, 0) is 4.79 Å². The molecule has 0 radical (unpaired) electrons. The zero-order valence-electron chi connectivity index (χ0n) is 8.36. The van der Waals surface area contributed by atoms with E-state index in [1.54, 1.807) is 22.9 Å². The van der Waals surface area contributed by atoms with Crippen LogP contribution in [0, 0.1) is 0 Å². The molecule has 0 bridgehead atoms. The van der Waals surface area contributed by atoms with Gasteiger partial charge < -0.3 is 14.9 Å². The van der Waals surface area contributed by atoms with Crippen LogP contribution in [0.25, 0.3) is 0 Å². The highest BCUT2D eigenvalue weighted by atomic mass is 16.4. The summed E-state index contributed by atoms with van der Waals surface area (Å²) in [6.07, 6.45) is 1.55. The molecule has 78 valence electrons. The Balaban J connectivity index is 2.51. The van der Waals surface area contributed by atoms with E-state index in [-0.39, 0.29) is 11.6 Å². The maximum absolute atomic E-state index is 11.4. The fraction of sp³-hybridized carbons (Fsp3) is 0.556. The van der Waals surface area contributed by atoms with Crippen LogP contribution >= 0.6 is 0 Å². The summed E-state index contributed by atoms with van der Waals surface area (Å²) in [7, 11) is 1.73. The third-order valence-electron chi connectivity index (χ3n) is 2.26. The molecule has 1 aliphatic heterocycles. The van der Waals surface area contributed by atoms with Gasteiger partial charge in [0.2, 0.25) is 0 Å². The lowest BCUT2D eigenvalue weighted by molar-refractivity contribution is -0.132. The summed E-state index contributed by atoms with van der Waals surface area (Å²) in [5, 5.41) is 8.59. The standard InChI is InChI=1S/C9H14N2O3/c1-7(8(12)13)3-4-11-6-5-10(2)9(11)14/h3H,4-6H2,1-2H3,(H,12,13). The Kier molecular flexibility index (Phi) is 3.11. The second kappa shape index (κ2) is 4.13. The van der Waals surface area contributed by atoms with Crippen molar-refractivity contribution in [3.05, 3.63) is 11.6 Å². The monoisotopic (exact) mass is 198 g/mol. The van der Waals surface area contributed by atoms with Crippen LogP contribution in [0.15, 0.2) is 11.6 Å². The van der Waals surface area contributed by atoms with Crippen molar-refractivity contribution in [3.63, 3.8) is 0 Å². The van der Waals surface area contributed by atoms with E-state index in [4.69, 9.17) is 5.11 Å². The SMILES string of the molecule is CC(=CCN1CCN(C)C1=O)C(=O)O. The minimum atomic E-state index is -0.940. The van der Waals surface area contributed by atoms with Gasteiger partial charge in [0.05, 0.1) is 0 Å². The van der Waals surface area contributed by atoms with Gasteiger partial charge in [0.25, 0.3) is 0 Å². The second-order valence-electron chi connectivity index (χ2n) is 3.34. The van der Waals surface area contributed by atoms with Gasteiger partial charge in [-0.1, -0.05) is 6.08 Å². The molecule has 0 spiro atoms. The number of aliphatic carboxylic acids is 1. The highest BCUT2D eigenvalue weighted by Gasteiger charge is 2.23. The Morgan fingerprint density at radius 3 is 2.64 bits per heavy atom. The van der Waals surface area contributed by atoms with Gasteiger partial charge >= 0.3 is 12.0 Å². The number of carboxylic acids is 1. The quantitative estimate of drug-likeness (QED) is 0.667. The largest absolute Gasteiger partial charge is 0.478 e. The molecule has 1 saturated heterocycles. The molecule has 0 aromatic carbocycles. The summed E-state index contributed by atoms with van der Waals surface area (Å²) in [6.45, 7) is 3.27. The lowest BCUT2D eigenvalue weighted by Crippen LogP contribution is -2.29. The Hall–Kier alpha value is -1.52. The summed E-state index contributed by atoms with van der Waals surface area (Å²) in [5.74, 6) is -0.940. The number of nitrogens with zero attached hydrogens (tertiary/aromatic N) is 2. The average molecular weight is 198 g/mol. The van der Waals surface area contributed by atoms with Crippen molar-refractivity contribution in [2.75, 3.05) is 26.7 Å². The Morgan fingerprint density at radius 2 is 2.21 bits per heavy atom. The normalized spacial score (nSPS) is 17.9. The molecule has 0 aromatic heterocycles. The molecule has 5 nitrogen and oxygen atoms in total. The maximum Gasteiger partial charge on any atom is 0.331 e. The first-order valence-corrected chi connectivity index (χ1v) is 4.42. The number of carbonyl (C=O) groups excluding carboxylic acids is 1. The number of carboxylic acid groups (broad SMARTS) is 1. The smallest absolute Gasteiger partial charge is 0.331 e. The first-order chi connectivity index (χ1) is 6.52. The van der Waals surface area contributed by atoms with Crippen LogP contribution in [0.5, 0.6) is 0 Å². The Morgan fingerprint density at radius 1 is 1.57 bits per heavy atom. The Labute approximate surface area is 82.6 Å². The van der Waals surface area contributed by atoms with Crippen molar-refractivity contribution in [2.24, 2.45) is 0 Å². The topological polar surface area (TPSA) is 60.9 Å². The van der Waals surface area contributed by atoms with E-state index in [0.717, 1.165) is 0 Å². The molecule has 1 fully saturated rings. The van der Waals surface area contributed by atoms with Gasteiger partial charge in [0.15, 0.2) is 0 Å². The van der Waals surface area contributed by atoms with Crippen LogP contribution in [0.1, 0.15) is 6.92 Å². The van der Waals surface area contributed by atoms with Crippen LogP contribution in [0.3, 0.4) is 0 Å². The molecule has 0 saturated carbocycles. The van der Waals surface area contributed by atoms with Gasteiger partial charge in [-0.3, -0.25) is 0 Å². The van der Waals surface area contributed by atoms with Crippen molar-refractivity contribution >= 4 is 12.0 Å². The number of likely N-dealkylation sites (N-methyl/N-ethyl adjacent to an activating group) is 1. The van der Waals surface area contributed by atoms with Crippen molar-refractivity contribution in [1.82, 2.24) is 9.80 Å². The second-order valence-corrected chi connectivity index (χ2v) is 3.34. The number of rotatable bonds is 3. The van der Waals surface area contributed by atoms with Gasteiger partial charge in [0.1, 0.15) is 0 Å². The summed E-state index contributed by atoms with van der Waals surface area (Å²) >= 11 is 0. The fourth-order valence-corrected chi connectivity index (χ4v) is 1.21. The zero-order valence-corrected chi connectivity index (χ0v) is 8.36. The van der Waals surface area contributed by atoms with Crippen LogP contribution in [0.2, 0.25) is 0 Å². The van der Waals surface area contributed by atoms with E-state index in [2.05, 4.69) is 0 Å². The summed E-state index contributed by atoms with van der Waals surface area (Å²) in [5.41, 5.74) is 0.271. The minimum absolute atomic E-state index is 0.0422. The number of carbonyl (C=O) groups is 2. The van der Waals surface area contributed by atoms with E-state index in [1.807, 2.05) is 0 Å². The molecule has 5 heteroatoms. The molecule has 0 unspecified atom stereocenters. The lowest BCUT2D eigenvalue weighted by atomic mass is 10.3. The molecule has 0 atom stereocenters. The first kappa shape index (κ1) is 10.6. The van der Waals surface area contributed by atoms with Crippen LogP contribution in [-0.4, -0.2) is 53.6 Å². The number of urea groups is 1. The molecule has 1 heterocycles. The predicted molar refractivity (Wildman–Crippen MR) is 51.0 cm³/mol. The summed E-state index contributed by atoms with van der Waals surface area (Å²) in [6, 6.07) is -0.0422. The first-order valence-electron chi connectivity index (χ1n) is 4.42. The van der Waals surface area contributed by atoms with Crippen molar-refractivity contribution in [3.8, 4) is 0 Å². The van der Waals surface area contributed by atoms with E-state index in [9.17, 15) is 9.59 Å². The average Bonchev–Trinajstić information content (AvgIpc) is 2.44. The van der Waals surface area contributed by atoms with Gasteiger partial charge in [-0.05, 0) is 6.92 Å². The van der Waals surface area contributed by atoms with Crippen molar-refractivity contribution < 1.29 is 14.7 Å². The number of hydrogen-bond acceptors (Lipinski definition) is 2.